The molecule has 0 unspecified atom stereocenters. The number of hydrogen-bond acceptors (Lipinski definition) is 3. The van der Waals surface area contributed by atoms with Crippen LogP contribution in [0.25, 0.3) is 77.8 Å². The van der Waals surface area contributed by atoms with Gasteiger partial charge in [-0.3, -0.25) is 4.68 Å². The van der Waals surface area contributed by atoms with Crippen LogP contribution in [0.1, 0.15) is 37.5 Å². The molecule has 0 N–H and O–H groups in total. The van der Waals surface area contributed by atoms with Crippen molar-refractivity contribution in [1.82, 2.24) is 19.3 Å². The summed E-state index contributed by atoms with van der Waals surface area (Å²) < 4.78 is 10.6. The maximum absolute atomic E-state index is 6.55. The van der Waals surface area contributed by atoms with Gasteiger partial charge in [0.15, 0.2) is 0 Å². The first-order chi connectivity index (χ1) is 29.7. The summed E-state index contributed by atoms with van der Waals surface area (Å²) in [4.78, 5) is 4.99. The molecule has 0 amide bonds. The van der Waals surface area contributed by atoms with Crippen molar-refractivity contribution in [3.05, 3.63) is 205 Å². The molecule has 10 aromatic rings. The Morgan fingerprint density at radius 3 is 1.89 bits per heavy atom. The Bertz CT molecular complexity index is 3190. The number of ether oxygens (including phenoxy) is 1. The van der Waals surface area contributed by atoms with Gasteiger partial charge in [0.25, 0.3) is 0 Å². The molecule has 10 rings (SSSR count). The third kappa shape index (κ3) is 7.81. The number of rotatable bonds is 8. The molecule has 304 valence electrons. The Kier molecular flexibility index (Phi) is 10.8. The van der Waals surface area contributed by atoms with Gasteiger partial charge in [-0.05, 0) is 104 Å². The van der Waals surface area contributed by atoms with E-state index in [1.807, 2.05) is 53.6 Å². The van der Waals surface area contributed by atoms with Crippen LogP contribution < -0.4 is 4.74 Å². The zero-order chi connectivity index (χ0) is 41.7. The van der Waals surface area contributed by atoms with Gasteiger partial charge in [0.05, 0.1) is 6.20 Å². The predicted octanol–water partition coefficient (Wildman–Crippen LogP) is 14.3. The first-order valence-electron chi connectivity index (χ1n) is 20.7. The Morgan fingerprint density at radius 2 is 1.19 bits per heavy atom. The van der Waals surface area contributed by atoms with Crippen molar-refractivity contribution < 1.29 is 25.8 Å². The van der Waals surface area contributed by atoms with E-state index in [2.05, 4.69) is 179 Å². The number of nitrogens with zero attached hydrogens (tertiary/aromatic N) is 4. The first kappa shape index (κ1) is 40.6. The van der Waals surface area contributed by atoms with Crippen molar-refractivity contribution >= 4 is 21.8 Å². The van der Waals surface area contributed by atoms with Gasteiger partial charge in [-0.15, -0.1) is 35.7 Å². The SMILES string of the molecule is Cc1cc(-c2ccccc2)cc(C)c1-c1ccnc(-n2c3[c-]c(Oc4[c-]c(-n5cc(-c6ccc(-c7ccccc7)cc6)cn5)ccc4)ccc3c3cc(C(C)(C)C)ccc32)c1.[Pt+2]. The molecule has 0 fully saturated rings. The van der Waals surface area contributed by atoms with Crippen molar-refractivity contribution in [2.75, 3.05) is 0 Å². The summed E-state index contributed by atoms with van der Waals surface area (Å²) in [7, 11) is 0. The van der Waals surface area contributed by atoms with Crippen molar-refractivity contribution in [2.24, 2.45) is 0 Å². The van der Waals surface area contributed by atoms with Gasteiger partial charge in [-0.25, -0.2) is 4.98 Å². The molecule has 5 nitrogen and oxygen atoms in total. The molecule has 0 aliphatic carbocycles. The summed E-state index contributed by atoms with van der Waals surface area (Å²) in [5.41, 5.74) is 15.7. The molecule has 0 bridgehead atoms. The van der Waals surface area contributed by atoms with Crippen LogP contribution in [0.5, 0.6) is 11.5 Å². The van der Waals surface area contributed by atoms with Gasteiger partial charge < -0.3 is 9.30 Å². The monoisotopic (exact) mass is 983 g/mol. The number of aryl methyl sites for hydroxylation is 2. The van der Waals surface area contributed by atoms with Gasteiger partial charge in [-0.1, -0.05) is 135 Å². The smallest absolute Gasteiger partial charge is 0.509 e. The molecule has 62 heavy (non-hydrogen) atoms. The molecule has 0 aliphatic heterocycles. The fourth-order valence-corrected chi connectivity index (χ4v) is 8.44. The average Bonchev–Trinajstić information content (AvgIpc) is 3.90. The minimum absolute atomic E-state index is 0. The molecule has 0 atom stereocenters. The van der Waals surface area contributed by atoms with Gasteiger partial charge in [0, 0.05) is 35.0 Å². The molecule has 3 aromatic heterocycles. The van der Waals surface area contributed by atoms with E-state index in [1.165, 1.54) is 44.5 Å². The molecule has 0 radical (unpaired) electrons. The Hall–Kier alpha value is -6.81. The van der Waals surface area contributed by atoms with Crippen LogP contribution in [-0.2, 0) is 26.5 Å². The third-order valence-corrected chi connectivity index (χ3v) is 11.5. The van der Waals surface area contributed by atoms with Gasteiger partial charge in [-0.2, -0.15) is 17.2 Å². The zero-order valence-electron chi connectivity index (χ0n) is 35.3. The standard InChI is InChI=1S/C56H44N4O.Pt/c1-37-29-44(40-15-10-7-11-16-40)30-38(2)55(37)43-27-28-57-54(31-43)60-52-26-23-46(56(3,4)5)32-51(52)50-25-24-49(34-53(50)60)61-48-18-12-17-47(33-48)59-36-45(35-58-59)42-21-19-41(20-22-42)39-13-8-6-9-14-39;/h6-32,35-36H,1-5H3;/q-2;+2. The van der Waals surface area contributed by atoms with E-state index in [4.69, 9.17) is 14.8 Å². The van der Waals surface area contributed by atoms with Crippen molar-refractivity contribution in [3.63, 3.8) is 0 Å². The second-order valence-electron chi connectivity index (χ2n) is 16.8. The number of fused-ring (bicyclic) bond motifs is 3. The van der Waals surface area contributed by atoms with Crippen LogP contribution in [-0.4, -0.2) is 19.3 Å². The topological polar surface area (TPSA) is 44.9 Å². The second-order valence-corrected chi connectivity index (χ2v) is 16.8. The molecule has 0 aliphatic rings. The fourth-order valence-electron chi connectivity index (χ4n) is 8.44. The Morgan fingerprint density at radius 1 is 0.548 bits per heavy atom. The normalized spacial score (nSPS) is 11.5. The zero-order valence-corrected chi connectivity index (χ0v) is 37.5. The predicted molar refractivity (Wildman–Crippen MR) is 250 cm³/mol. The number of aromatic nitrogens is 4. The summed E-state index contributed by atoms with van der Waals surface area (Å²) in [6, 6.07) is 62.3. The van der Waals surface area contributed by atoms with Crippen LogP contribution in [0.15, 0.2) is 176 Å². The summed E-state index contributed by atoms with van der Waals surface area (Å²) in [6.45, 7) is 11.2. The summed E-state index contributed by atoms with van der Waals surface area (Å²) in [5.74, 6) is 1.97. The van der Waals surface area contributed by atoms with Crippen LogP contribution in [0, 0.1) is 26.0 Å². The number of pyridine rings is 1. The third-order valence-electron chi connectivity index (χ3n) is 11.5. The minimum Gasteiger partial charge on any atom is -0.509 e. The minimum atomic E-state index is -0.0162. The Balaban J connectivity index is 0.00000490. The van der Waals surface area contributed by atoms with E-state index in [9.17, 15) is 0 Å². The van der Waals surface area contributed by atoms with E-state index < -0.39 is 0 Å². The summed E-state index contributed by atoms with van der Waals surface area (Å²) in [5, 5.41) is 6.93. The van der Waals surface area contributed by atoms with E-state index in [0.717, 1.165) is 50.0 Å². The van der Waals surface area contributed by atoms with Gasteiger partial charge in [0.1, 0.15) is 5.82 Å². The van der Waals surface area contributed by atoms with Gasteiger partial charge >= 0.3 is 21.1 Å². The molecule has 0 spiro atoms. The summed E-state index contributed by atoms with van der Waals surface area (Å²) in [6.07, 6.45) is 5.82. The average molecular weight is 984 g/mol. The molecule has 0 saturated carbocycles. The van der Waals surface area contributed by atoms with Crippen LogP contribution in [0.2, 0.25) is 0 Å². The van der Waals surface area contributed by atoms with Crippen molar-refractivity contribution in [2.45, 2.75) is 40.0 Å². The van der Waals surface area contributed by atoms with Crippen LogP contribution in [0.3, 0.4) is 0 Å². The fraction of sp³-hybridized carbons (Fsp3) is 0.107. The number of benzene rings is 7. The number of hydrogen-bond donors (Lipinski definition) is 0. The van der Waals surface area contributed by atoms with Crippen molar-refractivity contribution in [1.29, 1.82) is 0 Å². The molecule has 0 saturated heterocycles. The van der Waals surface area contributed by atoms with E-state index >= 15 is 0 Å². The van der Waals surface area contributed by atoms with Gasteiger partial charge in [0.2, 0.25) is 0 Å². The second kappa shape index (κ2) is 16.6. The molecule has 3 heterocycles. The maximum atomic E-state index is 6.55. The largest absolute Gasteiger partial charge is 2.00 e. The van der Waals surface area contributed by atoms with E-state index in [-0.39, 0.29) is 26.5 Å². The van der Waals surface area contributed by atoms with Crippen LogP contribution >= 0.6 is 0 Å². The quantitative estimate of drug-likeness (QED) is 0.143. The first-order valence-corrected chi connectivity index (χ1v) is 20.7. The summed E-state index contributed by atoms with van der Waals surface area (Å²) >= 11 is 0. The maximum Gasteiger partial charge on any atom is 2.00 e. The molecular formula is C56H44N4OPt. The van der Waals surface area contributed by atoms with E-state index in [0.29, 0.717) is 11.5 Å². The Labute approximate surface area is 377 Å². The molecule has 6 heteroatoms. The van der Waals surface area contributed by atoms with Crippen LogP contribution in [0.4, 0.5) is 0 Å². The molecular weight excluding hydrogens is 940 g/mol. The molecule has 7 aromatic carbocycles. The van der Waals surface area contributed by atoms with Crippen molar-refractivity contribution in [3.8, 4) is 67.5 Å². The van der Waals surface area contributed by atoms with E-state index in [1.54, 1.807) is 0 Å².